The number of benzene rings is 4. The molecule has 162 valence electrons. The number of hydrogen-bond acceptors (Lipinski definition) is 3. The Morgan fingerprint density at radius 1 is 0.812 bits per heavy atom. The second-order valence-corrected chi connectivity index (χ2v) is 8.11. The first-order valence-corrected chi connectivity index (χ1v) is 10.9. The predicted molar refractivity (Wildman–Crippen MR) is 132 cm³/mol. The average Bonchev–Trinajstić information content (AvgIpc) is 2.83. The highest BCUT2D eigenvalue weighted by molar-refractivity contribution is 5.92. The Hall–Kier alpha value is -3.79. The summed E-state index contributed by atoms with van der Waals surface area (Å²) in [6.45, 7) is 4.92. The average molecular weight is 425 g/mol. The number of carbonyl (C=O) groups is 1. The third-order valence-corrected chi connectivity index (χ3v) is 5.38. The van der Waals surface area contributed by atoms with Crippen LogP contribution in [0.2, 0.25) is 0 Å². The Bertz CT molecular complexity index is 1190. The van der Waals surface area contributed by atoms with Crippen LogP contribution in [0.25, 0.3) is 10.8 Å². The van der Waals surface area contributed by atoms with Gasteiger partial charge in [0.25, 0.3) is 0 Å². The van der Waals surface area contributed by atoms with Crippen molar-refractivity contribution >= 4 is 28.1 Å². The molecule has 4 aromatic carbocycles. The fourth-order valence-electron chi connectivity index (χ4n) is 3.52. The van der Waals surface area contributed by atoms with Crippen LogP contribution in [0.1, 0.15) is 25.0 Å². The van der Waals surface area contributed by atoms with Crippen LogP contribution in [0.3, 0.4) is 0 Å². The highest BCUT2D eigenvalue weighted by Gasteiger charge is 2.10. The van der Waals surface area contributed by atoms with Gasteiger partial charge in [-0.25, -0.2) is 0 Å². The summed E-state index contributed by atoms with van der Waals surface area (Å²) in [4.78, 5) is 11.9. The molecule has 0 saturated carbocycles. The van der Waals surface area contributed by atoms with E-state index in [0.717, 1.165) is 28.3 Å². The molecule has 0 saturated heterocycles. The van der Waals surface area contributed by atoms with Crippen molar-refractivity contribution in [3.63, 3.8) is 0 Å². The molecule has 32 heavy (non-hydrogen) atoms. The van der Waals surface area contributed by atoms with E-state index in [1.54, 1.807) is 0 Å². The quantitative estimate of drug-likeness (QED) is 0.334. The molecule has 0 unspecified atom stereocenters. The fraction of sp³-hybridized carbons (Fsp3) is 0.179. The Morgan fingerprint density at radius 3 is 2.25 bits per heavy atom. The molecular weight excluding hydrogens is 396 g/mol. The first-order valence-electron chi connectivity index (χ1n) is 10.9. The second-order valence-electron chi connectivity index (χ2n) is 8.11. The maximum absolute atomic E-state index is 11.9. The van der Waals surface area contributed by atoms with E-state index in [2.05, 4.69) is 47.0 Å². The lowest BCUT2D eigenvalue weighted by atomic mass is 10.0. The first kappa shape index (κ1) is 21.4. The molecule has 0 radical (unpaired) electrons. The number of anilines is 2. The smallest absolute Gasteiger partial charge is 0.226 e. The summed E-state index contributed by atoms with van der Waals surface area (Å²) in [6.07, 6.45) is 0. The summed E-state index contributed by atoms with van der Waals surface area (Å²) in [5, 5.41) is 8.78. The van der Waals surface area contributed by atoms with E-state index in [0.29, 0.717) is 13.2 Å². The summed E-state index contributed by atoms with van der Waals surface area (Å²) in [5.74, 6) is 0.844. The van der Waals surface area contributed by atoms with Gasteiger partial charge >= 0.3 is 0 Å². The summed E-state index contributed by atoms with van der Waals surface area (Å²) < 4.78 is 6.22. The van der Waals surface area contributed by atoms with Crippen LogP contribution in [-0.2, 0) is 17.9 Å². The van der Waals surface area contributed by atoms with Gasteiger partial charge in [-0.2, -0.15) is 0 Å². The zero-order chi connectivity index (χ0) is 22.3. The standard InChI is InChI=1S/C28H28N2O2/c1-20(2)28(31)30-24-15-13-23(14-16-24)29-18-26-25-11-7-6-10-22(25)12-17-27(26)32-19-21-8-4-3-5-9-21/h3-17,20,29H,18-19H2,1-2H3,(H,30,31). The van der Waals surface area contributed by atoms with Gasteiger partial charge in [0.1, 0.15) is 12.4 Å². The molecule has 0 aliphatic heterocycles. The number of ether oxygens (including phenoxy) is 1. The van der Waals surface area contributed by atoms with E-state index in [1.165, 1.54) is 10.8 Å². The molecule has 2 N–H and O–H groups in total. The van der Waals surface area contributed by atoms with Crippen LogP contribution in [0.5, 0.6) is 5.75 Å². The van der Waals surface area contributed by atoms with E-state index in [9.17, 15) is 4.79 Å². The number of amides is 1. The number of rotatable bonds is 8. The van der Waals surface area contributed by atoms with Gasteiger partial charge in [0.15, 0.2) is 0 Å². The minimum atomic E-state index is -0.0477. The van der Waals surface area contributed by atoms with Crippen molar-refractivity contribution in [1.29, 1.82) is 0 Å². The maximum atomic E-state index is 11.9. The Kier molecular flexibility index (Phi) is 6.71. The minimum Gasteiger partial charge on any atom is -0.489 e. The fourth-order valence-corrected chi connectivity index (χ4v) is 3.52. The molecule has 1 amide bonds. The summed E-state index contributed by atoms with van der Waals surface area (Å²) in [7, 11) is 0. The minimum absolute atomic E-state index is 0.0154. The van der Waals surface area contributed by atoms with Gasteiger partial charge < -0.3 is 15.4 Å². The summed E-state index contributed by atoms with van der Waals surface area (Å²) in [5.41, 5.74) is 4.04. The number of fused-ring (bicyclic) bond motifs is 1. The van der Waals surface area contributed by atoms with Gasteiger partial charge in [-0.3, -0.25) is 4.79 Å². The SMILES string of the molecule is CC(C)C(=O)Nc1ccc(NCc2c(OCc3ccccc3)ccc3ccccc23)cc1. The molecule has 4 heteroatoms. The lowest BCUT2D eigenvalue weighted by Crippen LogP contribution is -2.17. The first-order chi connectivity index (χ1) is 15.6. The van der Waals surface area contributed by atoms with Crippen molar-refractivity contribution in [3.8, 4) is 5.75 Å². The molecule has 4 nitrogen and oxygen atoms in total. The van der Waals surface area contributed by atoms with E-state index in [-0.39, 0.29) is 11.8 Å². The van der Waals surface area contributed by atoms with E-state index >= 15 is 0 Å². The van der Waals surface area contributed by atoms with Crippen molar-refractivity contribution in [2.75, 3.05) is 10.6 Å². The van der Waals surface area contributed by atoms with Gasteiger partial charge in [0.2, 0.25) is 5.91 Å². The van der Waals surface area contributed by atoms with Gasteiger partial charge in [-0.1, -0.05) is 74.5 Å². The lowest BCUT2D eigenvalue weighted by molar-refractivity contribution is -0.118. The van der Waals surface area contributed by atoms with Crippen molar-refractivity contribution in [2.24, 2.45) is 5.92 Å². The van der Waals surface area contributed by atoms with Gasteiger partial charge in [-0.05, 0) is 46.7 Å². The van der Waals surface area contributed by atoms with Gasteiger partial charge in [0.05, 0.1) is 0 Å². The molecule has 0 aliphatic carbocycles. The Labute approximate surface area is 189 Å². The number of nitrogens with one attached hydrogen (secondary N) is 2. The number of hydrogen-bond donors (Lipinski definition) is 2. The zero-order valence-corrected chi connectivity index (χ0v) is 18.5. The topological polar surface area (TPSA) is 50.4 Å². The molecule has 0 aliphatic rings. The molecule has 4 rings (SSSR count). The maximum Gasteiger partial charge on any atom is 0.226 e. The second kappa shape index (κ2) is 10.0. The molecule has 0 atom stereocenters. The van der Waals surface area contributed by atoms with E-state index in [4.69, 9.17) is 4.74 Å². The molecular formula is C28H28N2O2. The Balaban J connectivity index is 1.51. The molecule has 0 heterocycles. The largest absolute Gasteiger partial charge is 0.489 e. The van der Waals surface area contributed by atoms with Crippen LogP contribution in [0, 0.1) is 5.92 Å². The molecule has 4 aromatic rings. The summed E-state index contributed by atoms with van der Waals surface area (Å²) >= 11 is 0. The Morgan fingerprint density at radius 2 is 1.50 bits per heavy atom. The van der Waals surface area contributed by atoms with Crippen molar-refractivity contribution in [1.82, 2.24) is 0 Å². The van der Waals surface area contributed by atoms with Crippen LogP contribution >= 0.6 is 0 Å². The molecule has 0 aromatic heterocycles. The van der Waals surface area contributed by atoms with Crippen molar-refractivity contribution in [3.05, 3.63) is 102 Å². The van der Waals surface area contributed by atoms with Gasteiger partial charge in [0, 0.05) is 29.4 Å². The zero-order valence-electron chi connectivity index (χ0n) is 18.5. The highest BCUT2D eigenvalue weighted by Crippen LogP contribution is 2.30. The van der Waals surface area contributed by atoms with Crippen LogP contribution in [0.4, 0.5) is 11.4 Å². The van der Waals surface area contributed by atoms with Crippen molar-refractivity contribution in [2.45, 2.75) is 27.0 Å². The molecule has 0 spiro atoms. The van der Waals surface area contributed by atoms with Crippen LogP contribution in [-0.4, -0.2) is 5.91 Å². The van der Waals surface area contributed by atoms with Crippen LogP contribution in [0.15, 0.2) is 91.0 Å². The lowest BCUT2D eigenvalue weighted by Gasteiger charge is -2.16. The highest BCUT2D eigenvalue weighted by atomic mass is 16.5. The van der Waals surface area contributed by atoms with Crippen LogP contribution < -0.4 is 15.4 Å². The van der Waals surface area contributed by atoms with Crippen molar-refractivity contribution < 1.29 is 9.53 Å². The third kappa shape index (κ3) is 5.27. The van der Waals surface area contributed by atoms with E-state index < -0.39 is 0 Å². The number of carbonyl (C=O) groups excluding carboxylic acids is 1. The normalized spacial score (nSPS) is 10.8. The monoisotopic (exact) mass is 424 g/mol. The predicted octanol–water partition coefficient (Wildman–Crippen LogP) is 6.63. The molecule has 0 fully saturated rings. The molecule has 0 bridgehead atoms. The van der Waals surface area contributed by atoms with Gasteiger partial charge in [-0.15, -0.1) is 0 Å². The summed E-state index contributed by atoms with van der Waals surface area (Å²) in [6, 6.07) is 30.5. The van der Waals surface area contributed by atoms with E-state index in [1.807, 2.05) is 68.4 Å². The third-order valence-electron chi connectivity index (χ3n) is 5.38.